The van der Waals surface area contributed by atoms with E-state index in [-0.39, 0.29) is 0 Å². The molecule has 0 fully saturated rings. The van der Waals surface area contributed by atoms with Gasteiger partial charge in [-0.3, -0.25) is 4.98 Å². The molecule has 0 N–H and O–H groups in total. The van der Waals surface area contributed by atoms with E-state index >= 15 is 0 Å². The molecule has 0 saturated carbocycles. The fourth-order valence-corrected chi connectivity index (χ4v) is 1.54. The normalized spacial score (nSPS) is 11.7. The van der Waals surface area contributed by atoms with Crippen LogP contribution in [0.5, 0.6) is 0 Å². The van der Waals surface area contributed by atoms with Crippen LogP contribution in [-0.2, 0) is 6.18 Å². The lowest BCUT2D eigenvalue weighted by atomic mass is 10.1. The summed E-state index contributed by atoms with van der Waals surface area (Å²) in [4.78, 5) is 3.34. The van der Waals surface area contributed by atoms with Crippen molar-refractivity contribution in [1.82, 2.24) is 4.98 Å². The highest BCUT2D eigenvalue weighted by molar-refractivity contribution is 5.61. The molecule has 0 aliphatic carbocycles. The average molecular weight is 277 g/mol. The first kappa shape index (κ1) is 13.4. The minimum atomic E-state index is -4.94. The number of hydrogen-bond donors (Lipinski definition) is 0. The summed E-state index contributed by atoms with van der Waals surface area (Å²) in [6.07, 6.45) is -4.25. The van der Waals surface area contributed by atoms with Gasteiger partial charge in [0.05, 0.1) is 5.56 Å². The van der Waals surface area contributed by atoms with Gasteiger partial charge in [-0.2, -0.15) is 13.2 Å². The number of aromatic nitrogens is 1. The number of nitrogens with zero attached hydrogens (tertiary/aromatic N) is 1. The summed E-state index contributed by atoms with van der Waals surface area (Å²) in [6, 6.07) is 3.19. The molecule has 1 nitrogen and oxygen atoms in total. The summed E-state index contributed by atoms with van der Waals surface area (Å²) in [5, 5.41) is 0. The van der Waals surface area contributed by atoms with Crippen LogP contribution in [0, 0.1) is 17.5 Å². The smallest absolute Gasteiger partial charge is 0.253 e. The van der Waals surface area contributed by atoms with Gasteiger partial charge in [-0.1, -0.05) is 6.07 Å². The van der Waals surface area contributed by atoms with Crippen LogP contribution in [0.4, 0.5) is 26.3 Å². The third kappa shape index (κ3) is 2.40. The number of hydrogen-bond acceptors (Lipinski definition) is 1. The van der Waals surface area contributed by atoms with Gasteiger partial charge in [-0.15, -0.1) is 0 Å². The van der Waals surface area contributed by atoms with Crippen LogP contribution in [-0.4, -0.2) is 4.98 Å². The van der Waals surface area contributed by atoms with Gasteiger partial charge in [0.15, 0.2) is 17.5 Å². The topological polar surface area (TPSA) is 12.9 Å². The van der Waals surface area contributed by atoms with E-state index in [0.29, 0.717) is 12.3 Å². The molecule has 1 aromatic heterocycles. The Morgan fingerprint density at radius 3 is 2.21 bits per heavy atom. The van der Waals surface area contributed by atoms with E-state index in [4.69, 9.17) is 0 Å². The Morgan fingerprint density at radius 1 is 0.895 bits per heavy atom. The van der Waals surface area contributed by atoms with Crippen LogP contribution in [0.25, 0.3) is 11.3 Å². The zero-order valence-electron chi connectivity index (χ0n) is 9.10. The minimum Gasteiger partial charge on any atom is -0.253 e. The predicted octanol–water partition coefficient (Wildman–Crippen LogP) is 4.18. The third-order valence-electron chi connectivity index (χ3n) is 2.40. The van der Waals surface area contributed by atoms with Crippen LogP contribution in [0.15, 0.2) is 30.5 Å². The lowest BCUT2D eigenvalue weighted by molar-refractivity contribution is -0.140. The summed E-state index contributed by atoms with van der Waals surface area (Å²) < 4.78 is 77.6. The molecule has 7 heteroatoms. The molecule has 0 bridgehead atoms. The standard InChI is InChI=1S/C12H5F6N/c13-8-3-1-2-6(9(8)14)11-10(15)7(4-5-19-11)12(16,17)18/h1-5H. The Morgan fingerprint density at radius 2 is 1.58 bits per heavy atom. The van der Waals surface area contributed by atoms with E-state index in [0.717, 1.165) is 18.2 Å². The fourth-order valence-electron chi connectivity index (χ4n) is 1.54. The van der Waals surface area contributed by atoms with Crippen LogP contribution in [0.1, 0.15) is 5.56 Å². The SMILES string of the molecule is Fc1cccc(-c2nccc(C(F)(F)F)c2F)c1F. The maximum Gasteiger partial charge on any atom is 0.419 e. The highest BCUT2D eigenvalue weighted by atomic mass is 19.4. The molecule has 2 aromatic rings. The van der Waals surface area contributed by atoms with Gasteiger partial charge in [-0.25, -0.2) is 13.2 Å². The van der Waals surface area contributed by atoms with Gasteiger partial charge in [0.1, 0.15) is 5.69 Å². The first-order chi connectivity index (χ1) is 8.82. The predicted molar refractivity (Wildman–Crippen MR) is 54.5 cm³/mol. The summed E-state index contributed by atoms with van der Waals surface area (Å²) >= 11 is 0. The molecule has 0 aliphatic heterocycles. The maximum atomic E-state index is 13.7. The molecule has 0 radical (unpaired) electrons. The van der Waals surface area contributed by atoms with Gasteiger partial charge in [0.25, 0.3) is 0 Å². The van der Waals surface area contributed by atoms with Crippen molar-refractivity contribution in [3.8, 4) is 11.3 Å². The van der Waals surface area contributed by atoms with Crippen molar-refractivity contribution in [1.29, 1.82) is 0 Å². The second-order valence-electron chi connectivity index (χ2n) is 3.62. The van der Waals surface area contributed by atoms with E-state index in [2.05, 4.69) is 4.98 Å². The number of halogens is 6. The van der Waals surface area contributed by atoms with Crippen molar-refractivity contribution >= 4 is 0 Å². The zero-order valence-corrected chi connectivity index (χ0v) is 9.10. The molecule has 19 heavy (non-hydrogen) atoms. The van der Waals surface area contributed by atoms with E-state index < -0.39 is 40.4 Å². The van der Waals surface area contributed by atoms with E-state index in [1.807, 2.05) is 0 Å². The molecule has 100 valence electrons. The van der Waals surface area contributed by atoms with Gasteiger partial charge < -0.3 is 0 Å². The van der Waals surface area contributed by atoms with Crippen molar-refractivity contribution in [2.75, 3.05) is 0 Å². The second kappa shape index (κ2) is 4.56. The van der Waals surface area contributed by atoms with Crippen molar-refractivity contribution in [3.63, 3.8) is 0 Å². The molecule has 0 atom stereocenters. The van der Waals surface area contributed by atoms with Gasteiger partial charge in [-0.05, 0) is 18.2 Å². The Balaban J connectivity index is 2.68. The lowest BCUT2D eigenvalue weighted by Gasteiger charge is -2.11. The van der Waals surface area contributed by atoms with Crippen molar-refractivity contribution in [3.05, 3.63) is 53.5 Å². The van der Waals surface area contributed by atoms with Crippen LogP contribution in [0.3, 0.4) is 0 Å². The van der Waals surface area contributed by atoms with Crippen molar-refractivity contribution < 1.29 is 26.3 Å². The molecular weight excluding hydrogens is 272 g/mol. The van der Waals surface area contributed by atoms with Gasteiger partial charge >= 0.3 is 6.18 Å². The fraction of sp³-hybridized carbons (Fsp3) is 0.0833. The number of pyridine rings is 1. The zero-order chi connectivity index (χ0) is 14.2. The molecule has 0 unspecified atom stereocenters. The molecular formula is C12H5F6N. The van der Waals surface area contributed by atoms with E-state index in [9.17, 15) is 26.3 Å². The monoisotopic (exact) mass is 277 g/mol. The quantitative estimate of drug-likeness (QED) is 0.712. The van der Waals surface area contributed by atoms with Crippen LogP contribution >= 0.6 is 0 Å². The summed E-state index contributed by atoms with van der Waals surface area (Å²) in [5.41, 5.74) is -3.13. The van der Waals surface area contributed by atoms with E-state index in [1.54, 1.807) is 0 Å². The van der Waals surface area contributed by atoms with E-state index in [1.165, 1.54) is 0 Å². The summed E-state index contributed by atoms with van der Waals surface area (Å²) in [7, 11) is 0. The third-order valence-corrected chi connectivity index (χ3v) is 2.40. The average Bonchev–Trinajstić information content (AvgIpc) is 2.32. The summed E-state index contributed by atoms with van der Waals surface area (Å²) in [5.74, 6) is -4.48. The second-order valence-corrected chi connectivity index (χ2v) is 3.62. The Hall–Kier alpha value is -2.05. The molecule has 0 amide bonds. The Labute approximate surface area is 103 Å². The number of benzene rings is 1. The van der Waals surface area contributed by atoms with Crippen LogP contribution in [0.2, 0.25) is 0 Å². The molecule has 1 aromatic carbocycles. The van der Waals surface area contributed by atoms with Crippen LogP contribution < -0.4 is 0 Å². The molecule has 0 aliphatic rings. The first-order valence-electron chi connectivity index (χ1n) is 4.98. The maximum absolute atomic E-state index is 13.7. The largest absolute Gasteiger partial charge is 0.419 e. The molecule has 0 spiro atoms. The van der Waals surface area contributed by atoms with Gasteiger partial charge in [0.2, 0.25) is 0 Å². The Kier molecular flexibility index (Phi) is 3.21. The van der Waals surface area contributed by atoms with Crippen molar-refractivity contribution in [2.45, 2.75) is 6.18 Å². The first-order valence-corrected chi connectivity index (χ1v) is 4.98. The van der Waals surface area contributed by atoms with Crippen molar-refractivity contribution in [2.24, 2.45) is 0 Å². The summed E-state index contributed by atoms with van der Waals surface area (Å²) in [6.45, 7) is 0. The number of rotatable bonds is 1. The molecule has 1 heterocycles. The number of alkyl halides is 3. The Bertz CT molecular complexity index is 620. The van der Waals surface area contributed by atoms with Gasteiger partial charge in [0, 0.05) is 11.8 Å². The lowest BCUT2D eigenvalue weighted by Crippen LogP contribution is -2.10. The highest BCUT2D eigenvalue weighted by Gasteiger charge is 2.35. The molecule has 0 saturated heterocycles. The minimum absolute atomic E-state index is 0.427. The molecule has 2 rings (SSSR count). The highest BCUT2D eigenvalue weighted by Crippen LogP contribution is 2.35.